The molecule has 0 aliphatic rings. The van der Waals surface area contributed by atoms with E-state index in [4.69, 9.17) is 11.6 Å². The summed E-state index contributed by atoms with van der Waals surface area (Å²) in [4.78, 5) is 2.38. The lowest BCUT2D eigenvalue weighted by atomic mass is 10.1. The normalized spacial score (nSPS) is 12.9. The number of nitrogens with zero attached hydrogens (tertiary/aromatic N) is 1. The molecular formula is C16H27ClN2. The first-order valence-corrected chi connectivity index (χ1v) is 7.70. The van der Waals surface area contributed by atoms with Crippen LogP contribution in [0.15, 0.2) is 24.3 Å². The summed E-state index contributed by atoms with van der Waals surface area (Å²) >= 11 is 6.25. The van der Waals surface area contributed by atoms with Gasteiger partial charge in [-0.25, -0.2) is 0 Å². The molecule has 1 atom stereocenters. The van der Waals surface area contributed by atoms with Crippen molar-refractivity contribution in [2.45, 2.75) is 39.2 Å². The fraction of sp³-hybridized carbons (Fsp3) is 0.625. The number of rotatable bonds is 9. The first-order valence-electron chi connectivity index (χ1n) is 7.32. The van der Waals surface area contributed by atoms with Gasteiger partial charge in [0, 0.05) is 11.1 Å². The molecule has 1 rings (SSSR count). The van der Waals surface area contributed by atoms with E-state index in [0.29, 0.717) is 6.04 Å². The average Bonchev–Trinajstić information content (AvgIpc) is 2.42. The van der Waals surface area contributed by atoms with Gasteiger partial charge in [0.05, 0.1) is 0 Å². The molecule has 0 amide bonds. The summed E-state index contributed by atoms with van der Waals surface area (Å²) in [6, 6.07) is 8.51. The summed E-state index contributed by atoms with van der Waals surface area (Å²) in [5.41, 5.74) is 1.22. The van der Waals surface area contributed by atoms with Crippen LogP contribution < -0.4 is 5.32 Å². The molecule has 0 aromatic heterocycles. The highest BCUT2D eigenvalue weighted by molar-refractivity contribution is 6.31. The van der Waals surface area contributed by atoms with Gasteiger partial charge in [0.1, 0.15) is 0 Å². The predicted molar refractivity (Wildman–Crippen MR) is 84.9 cm³/mol. The summed E-state index contributed by atoms with van der Waals surface area (Å²) in [7, 11) is 2.18. The number of hydrogen-bond acceptors (Lipinski definition) is 2. The Hall–Kier alpha value is -0.570. The summed E-state index contributed by atoms with van der Waals surface area (Å²) in [6.07, 6.45) is 3.80. The molecule has 1 aromatic rings. The van der Waals surface area contributed by atoms with Gasteiger partial charge in [0.25, 0.3) is 0 Å². The second kappa shape index (κ2) is 9.35. The van der Waals surface area contributed by atoms with E-state index in [9.17, 15) is 0 Å². The van der Waals surface area contributed by atoms with Crippen LogP contribution in [0.4, 0.5) is 0 Å². The summed E-state index contributed by atoms with van der Waals surface area (Å²) < 4.78 is 0. The maximum atomic E-state index is 6.25. The molecule has 1 aromatic carbocycles. The Morgan fingerprint density at radius 3 is 2.63 bits per heavy atom. The molecule has 2 nitrogen and oxygen atoms in total. The van der Waals surface area contributed by atoms with E-state index in [0.717, 1.165) is 24.7 Å². The van der Waals surface area contributed by atoms with Crippen LogP contribution in [0.3, 0.4) is 0 Å². The summed E-state index contributed by atoms with van der Waals surface area (Å²) in [5, 5.41) is 4.23. The second-order valence-electron chi connectivity index (χ2n) is 5.09. The Balaban J connectivity index is 2.29. The van der Waals surface area contributed by atoms with E-state index in [-0.39, 0.29) is 0 Å². The largest absolute Gasteiger partial charge is 0.317 e. The highest BCUT2D eigenvalue weighted by atomic mass is 35.5. The minimum atomic E-state index is 0.377. The molecule has 0 saturated heterocycles. The molecule has 1 N–H and O–H groups in total. The van der Waals surface area contributed by atoms with Gasteiger partial charge in [-0.15, -0.1) is 0 Å². The van der Waals surface area contributed by atoms with Gasteiger partial charge in [0.2, 0.25) is 0 Å². The van der Waals surface area contributed by atoms with Crippen molar-refractivity contribution in [2.75, 3.05) is 26.7 Å². The molecular weight excluding hydrogens is 256 g/mol. The van der Waals surface area contributed by atoms with E-state index < -0.39 is 0 Å². The molecule has 0 spiro atoms. The van der Waals surface area contributed by atoms with E-state index in [1.807, 2.05) is 12.1 Å². The molecule has 1 unspecified atom stereocenters. The van der Waals surface area contributed by atoms with Gasteiger partial charge < -0.3 is 5.32 Å². The third-order valence-electron chi connectivity index (χ3n) is 3.63. The Morgan fingerprint density at radius 1 is 1.21 bits per heavy atom. The van der Waals surface area contributed by atoms with Crippen LogP contribution in [0.25, 0.3) is 0 Å². The molecule has 0 radical (unpaired) electrons. The van der Waals surface area contributed by atoms with Crippen LogP contribution in [0.5, 0.6) is 0 Å². The number of unbranched alkanes of at least 4 members (excludes halogenated alkanes) is 2. The van der Waals surface area contributed by atoms with Crippen molar-refractivity contribution in [1.82, 2.24) is 10.2 Å². The summed E-state index contributed by atoms with van der Waals surface area (Å²) in [6.45, 7) is 7.71. The van der Waals surface area contributed by atoms with Crippen LogP contribution in [0.2, 0.25) is 5.02 Å². The van der Waals surface area contributed by atoms with Gasteiger partial charge in [0.15, 0.2) is 0 Å². The maximum Gasteiger partial charge on any atom is 0.0453 e. The van der Waals surface area contributed by atoms with Gasteiger partial charge in [-0.1, -0.05) is 43.1 Å². The fourth-order valence-corrected chi connectivity index (χ4v) is 2.50. The minimum absolute atomic E-state index is 0.377. The van der Waals surface area contributed by atoms with Gasteiger partial charge in [-0.05, 0) is 58.1 Å². The lowest BCUT2D eigenvalue weighted by molar-refractivity contribution is 0.255. The van der Waals surface area contributed by atoms with Crippen LogP contribution in [-0.4, -0.2) is 31.6 Å². The van der Waals surface area contributed by atoms with Crippen molar-refractivity contribution in [3.63, 3.8) is 0 Å². The fourth-order valence-electron chi connectivity index (χ4n) is 2.21. The van der Waals surface area contributed by atoms with E-state index in [1.165, 1.54) is 24.8 Å². The van der Waals surface area contributed by atoms with E-state index in [1.54, 1.807) is 0 Å². The van der Waals surface area contributed by atoms with E-state index >= 15 is 0 Å². The van der Waals surface area contributed by atoms with Gasteiger partial charge in [-0.2, -0.15) is 0 Å². The Kier molecular flexibility index (Phi) is 8.11. The van der Waals surface area contributed by atoms with Crippen molar-refractivity contribution >= 4 is 11.6 Å². The lowest BCUT2D eigenvalue weighted by Gasteiger charge is -2.25. The van der Waals surface area contributed by atoms with Crippen LogP contribution in [-0.2, 0) is 0 Å². The molecule has 3 heteroatoms. The molecule has 0 aliphatic heterocycles. The van der Waals surface area contributed by atoms with Crippen LogP contribution in [0.1, 0.15) is 44.7 Å². The lowest BCUT2D eigenvalue weighted by Crippen LogP contribution is -2.24. The van der Waals surface area contributed by atoms with Crippen molar-refractivity contribution in [3.8, 4) is 0 Å². The number of nitrogens with one attached hydrogen (secondary N) is 1. The first-order chi connectivity index (χ1) is 9.16. The molecule has 0 fully saturated rings. The van der Waals surface area contributed by atoms with Crippen molar-refractivity contribution < 1.29 is 0 Å². The maximum absolute atomic E-state index is 6.25. The zero-order chi connectivity index (χ0) is 14.1. The number of hydrogen-bond donors (Lipinski definition) is 1. The SMILES string of the molecule is CCNCCCCCN(C)C(C)c1ccccc1Cl. The van der Waals surface area contributed by atoms with Crippen LogP contribution >= 0.6 is 11.6 Å². The Morgan fingerprint density at radius 2 is 1.95 bits per heavy atom. The molecule has 0 bridgehead atoms. The van der Waals surface area contributed by atoms with Gasteiger partial charge >= 0.3 is 0 Å². The van der Waals surface area contributed by atoms with Crippen molar-refractivity contribution in [2.24, 2.45) is 0 Å². The van der Waals surface area contributed by atoms with Crippen LogP contribution in [0, 0.1) is 0 Å². The Labute approximate surface area is 123 Å². The van der Waals surface area contributed by atoms with Gasteiger partial charge in [-0.3, -0.25) is 4.90 Å². The summed E-state index contributed by atoms with van der Waals surface area (Å²) in [5.74, 6) is 0. The quantitative estimate of drug-likeness (QED) is 0.686. The standard InChI is InChI=1S/C16H27ClN2/c1-4-18-12-8-5-9-13-19(3)14(2)15-10-6-7-11-16(15)17/h6-7,10-11,14,18H,4-5,8-9,12-13H2,1-3H3. The smallest absolute Gasteiger partial charge is 0.0453 e. The van der Waals surface area contributed by atoms with E-state index in [2.05, 4.69) is 43.2 Å². The molecule has 19 heavy (non-hydrogen) atoms. The highest BCUT2D eigenvalue weighted by Crippen LogP contribution is 2.26. The zero-order valence-corrected chi connectivity index (χ0v) is 13.2. The molecule has 0 saturated carbocycles. The molecule has 108 valence electrons. The third-order valence-corrected chi connectivity index (χ3v) is 3.98. The molecule has 0 heterocycles. The molecule has 0 aliphatic carbocycles. The first kappa shape index (κ1) is 16.5. The minimum Gasteiger partial charge on any atom is -0.317 e. The number of benzene rings is 1. The monoisotopic (exact) mass is 282 g/mol. The third kappa shape index (κ3) is 5.94. The Bertz CT molecular complexity index is 354. The number of halogens is 1. The van der Waals surface area contributed by atoms with Crippen molar-refractivity contribution in [1.29, 1.82) is 0 Å². The predicted octanol–water partition coefficient (Wildman–Crippen LogP) is 4.11. The second-order valence-corrected chi connectivity index (χ2v) is 5.50. The topological polar surface area (TPSA) is 15.3 Å². The van der Waals surface area contributed by atoms with Crippen molar-refractivity contribution in [3.05, 3.63) is 34.9 Å². The highest BCUT2D eigenvalue weighted by Gasteiger charge is 2.13. The average molecular weight is 283 g/mol. The zero-order valence-electron chi connectivity index (χ0n) is 12.5.